The van der Waals surface area contributed by atoms with Crippen molar-refractivity contribution in [1.82, 2.24) is 5.43 Å². The molecule has 0 aliphatic rings. The molecule has 0 aromatic heterocycles. The van der Waals surface area contributed by atoms with Gasteiger partial charge in [-0.05, 0) is 53.6 Å². The fraction of sp³-hybridized carbons (Fsp3) is 0.211. The number of carboxylic acids is 1. The zero-order valence-corrected chi connectivity index (χ0v) is 14.4. The third-order valence-corrected chi connectivity index (χ3v) is 4.03. The summed E-state index contributed by atoms with van der Waals surface area (Å²) in [5, 5.41) is 12.8. The topological polar surface area (TPSA) is 126 Å². The summed E-state index contributed by atoms with van der Waals surface area (Å²) in [6.45, 7) is 0. The Kier molecular flexibility index (Phi) is 7.32. The minimum atomic E-state index is -0.813. The maximum absolute atomic E-state index is 11.3. The molecule has 2 rings (SSSR count). The van der Waals surface area contributed by atoms with Gasteiger partial charge in [-0.2, -0.15) is 5.10 Å². The monoisotopic (exact) mass is 353 g/mol. The van der Waals surface area contributed by atoms with Gasteiger partial charge >= 0.3 is 5.97 Å². The van der Waals surface area contributed by atoms with Crippen molar-refractivity contribution in [3.8, 4) is 0 Å². The molecule has 26 heavy (non-hydrogen) atoms. The van der Waals surface area contributed by atoms with E-state index in [0.717, 1.165) is 35.2 Å². The molecule has 1 atom stereocenters. The highest BCUT2D eigenvalue weighted by Crippen LogP contribution is 2.26. The summed E-state index contributed by atoms with van der Waals surface area (Å²) >= 11 is 0. The van der Waals surface area contributed by atoms with Gasteiger partial charge in [0.15, 0.2) is 0 Å². The summed E-state index contributed by atoms with van der Waals surface area (Å²) in [4.78, 5) is 15.4. The van der Waals surface area contributed by atoms with Crippen molar-refractivity contribution >= 4 is 24.2 Å². The van der Waals surface area contributed by atoms with Gasteiger partial charge < -0.3 is 16.4 Å². The van der Waals surface area contributed by atoms with E-state index in [0.29, 0.717) is 0 Å². The summed E-state index contributed by atoms with van der Waals surface area (Å²) in [6, 6.07) is 15.4. The summed E-state index contributed by atoms with van der Waals surface area (Å²) in [6.07, 6.45) is 4.54. The molecule has 2 aromatic carbocycles. The zero-order chi connectivity index (χ0) is 18.8. The van der Waals surface area contributed by atoms with E-state index >= 15 is 0 Å². The number of aliphatic carboxylic acids is 1. The Balaban J connectivity index is 2.09. The normalized spacial score (nSPS) is 12.5. The predicted molar refractivity (Wildman–Crippen MR) is 103 cm³/mol. The molecule has 0 amide bonds. The molecular weight excluding hydrogens is 330 g/mol. The molecule has 0 spiro atoms. The van der Waals surface area contributed by atoms with E-state index < -0.39 is 5.97 Å². The number of nitrogens with one attached hydrogen (secondary N) is 1. The number of hydrazone groups is 1. The van der Waals surface area contributed by atoms with Gasteiger partial charge in [0.2, 0.25) is 0 Å². The van der Waals surface area contributed by atoms with Gasteiger partial charge in [-0.15, -0.1) is 0 Å². The average Bonchev–Trinajstić information content (AvgIpc) is 2.64. The van der Waals surface area contributed by atoms with Crippen molar-refractivity contribution in [3.63, 3.8) is 0 Å². The second-order valence-electron chi connectivity index (χ2n) is 5.87. The van der Waals surface area contributed by atoms with Crippen LogP contribution in [0.4, 0.5) is 5.69 Å². The lowest BCUT2D eigenvalue weighted by molar-refractivity contribution is -0.137. The van der Waals surface area contributed by atoms with Crippen molar-refractivity contribution in [2.75, 3.05) is 0 Å². The molecule has 7 heteroatoms. The Morgan fingerprint density at radius 1 is 1.23 bits per heavy atom. The van der Waals surface area contributed by atoms with Crippen LogP contribution in [0.15, 0.2) is 58.6 Å². The van der Waals surface area contributed by atoms with Gasteiger partial charge in [0.1, 0.15) is 6.34 Å². The van der Waals surface area contributed by atoms with Crippen LogP contribution in [0.3, 0.4) is 0 Å². The second kappa shape index (κ2) is 9.95. The second-order valence-corrected chi connectivity index (χ2v) is 5.87. The van der Waals surface area contributed by atoms with Crippen molar-refractivity contribution in [2.24, 2.45) is 21.8 Å². The van der Waals surface area contributed by atoms with E-state index in [1.807, 2.05) is 48.5 Å². The summed E-state index contributed by atoms with van der Waals surface area (Å²) < 4.78 is 0. The number of hydrazine groups is 1. The Hall–Kier alpha value is -3.19. The molecule has 0 saturated carbocycles. The number of hydrogen-bond acceptors (Lipinski definition) is 5. The van der Waals surface area contributed by atoms with Gasteiger partial charge in [0, 0.05) is 0 Å². The summed E-state index contributed by atoms with van der Waals surface area (Å²) in [5.74, 6) is 9.45. The van der Waals surface area contributed by atoms with Crippen LogP contribution < -0.4 is 17.1 Å². The number of nitrogens with zero attached hydrogens (tertiary/aromatic N) is 2. The van der Waals surface area contributed by atoms with Crippen LogP contribution in [0.25, 0.3) is 0 Å². The Morgan fingerprint density at radius 3 is 2.65 bits per heavy atom. The average molecular weight is 353 g/mol. The molecule has 136 valence electrons. The maximum atomic E-state index is 11.3. The quantitative estimate of drug-likeness (QED) is 0.238. The zero-order valence-electron chi connectivity index (χ0n) is 14.4. The SMILES string of the molecule is NN=Cc1cccc(C(CCc2ccc(N=CNN)cc2)CC(=O)O)c1. The van der Waals surface area contributed by atoms with Crippen LogP contribution in [0, 0.1) is 0 Å². The largest absolute Gasteiger partial charge is 0.481 e. The molecule has 0 bridgehead atoms. The van der Waals surface area contributed by atoms with Crippen LogP contribution in [-0.4, -0.2) is 23.6 Å². The van der Waals surface area contributed by atoms with Crippen LogP contribution >= 0.6 is 0 Å². The minimum absolute atomic E-state index is 0.0772. The number of aliphatic imine (C=N–C) groups is 1. The summed E-state index contributed by atoms with van der Waals surface area (Å²) in [7, 11) is 0. The molecule has 2 aromatic rings. The predicted octanol–water partition coefficient (Wildman–Crippen LogP) is 2.29. The Morgan fingerprint density at radius 2 is 2.00 bits per heavy atom. The molecule has 6 N–H and O–H groups in total. The van der Waals surface area contributed by atoms with Gasteiger partial charge in [-0.25, -0.2) is 10.8 Å². The number of carboxylic acid groups (broad SMARTS) is 1. The van der Waals surface area contributed by atoms with E-state index in [1.165, 1.54) is 6.34 Å². The molecule has 0 radical (unpaired) electrons. The van der Waals surface area contributed by atoms with Crippen molar-refractivity contribution < 1.29 is 9.90 Å². The van der Waals surface area contributed by atoms with Crippen molar-refractivity contribution in [1.29, 1.82) is 0 Å². The number of benzene rings is 2. The molecule has 0 fully saturated rings. The fourth-order valence-corrected chi connectivity index (χ4v) is 2.78. The molecule has 0 aliphatic heterocycles. The summed E-state index contributed by atoms with van der Waals surface area (Å²) in [5.41, 5.74) is 6.10. The van der Waals surface area contributed by atoms with E-state index in [2.05, 4.69) is 15.5 Å². The Bertz CT molecular complexity index is 772. The smallest absolute Gasteiger partial charge is 0.303 e. The standard InChI is InChI=1S/C19H23N5O2/c20-23-12-15-2-1-3-16(10-15)17(11-19(25)26)7-4-14-5-8-18(9-6-14)22-13-24-21/h1-3,5-6,8-10,12-13,17H,4,7,11,20-21H2,(H,22,24)(H,25,26). The van der Waals surface area contributed by atoms with Gasteiger partial charge in [0.25, 0.3) is 0 Å². The highest BCUT2D eigenvalue weighted by molar-refractivity contribution is 5.79. The van der Waals surface area contributed by atoms with Crippen LogP contribution in [0.5, 0.6) is 0 Å². The number of aryl methyl sites for hydroxylation is 1. The van der Waals surface area contributed by atoms with Crippen LogP contribution in [0.1, 0.15) is 35.4 Å². The molecule has 7 nitrogen and oxygen atoms in total. The molecular formula is C19H23N5O2. The van der Waals surface area contributed by atoms with Crippen LogP contribution in [-0.2, 0) is 11.2 Å². The first-order valence-corrected chi connectivity index (χ1v) is 8.25. The first kappa shape index (κ1) is 19.1. The third-order valence-electron chi connectivity index (χ3n) is 4.03. The fourth-order valence-electron chi connectivity index (χ4n) is 2.78. The number of carbonyl (C=O) groups is 1. The van der Waals surface area contributed by atoms with E-state index in [9.17, 15) is 9.90 Å². The number of nitrogens with two attached hydrogens (primary N) is 2. The molecule has 0 aliphatic carbocycles. The van der Waals surface area contributed by atoms with Crippen molar-refractivity contribution in [2.45, 2.75) is 25.2 Å². The first-order valence-electron chi connectivity index (χ1n) is 8.25. The van der Waals surface area contributed by atoms with E-state index in [4.69, 9.17) is 11.7 Å². The molecule has 1 unspecified atom stereocenters. The van der Waals surface area contributed by atoms with Gasteiger partial charge in [-0.1, -0.05) is 30.3 Å². The minimum Gasteiger partial charge on any atom is -0.481 e. The Labute approximate surface area is 152 Å². The first-order chi connectivity index (χ1) is 12.6. The molecule has 0 saturated heterocycles. The lowest BCUT2D eigenvalue weighted by Gasteiger charge is -2.16. The molecule has 0 heterocycles. The van der Waals surface area contributed by atoms with E-state index in [-0.39, 0.29) is 12.3 Å². The van der Waals surface area contributed by atoms with Crippen LogP contribution in [0.2, 0.25) is 0 Å². The highest BCUT2D eigenvalue weighted by Gasteiger charge is 2.16. The van der Waals surface area contributed by atoms with Gasteiger partial charge in [-0.3, -0.25) is 4.79 Å². The lowest BCUT2D eigenvalue weighted by Crippen LogP contribution is -2.18. The number of rotatable bonds is 9. The number of hydrogen-bond donors (Lipinski definition) is 4. The maximum Gasteiger partial charge on any atom is 0.303 e. The lowest BCUT2D eigenvalue weighted by atomic mass is 9.89. The van der Waals surface area contributed by atoms with Crippen molar-refractivity contribution in [3.05, 3.63) is 65.2 Å². The van der Waals surface area contributed by atoms with E-state index in [1.54, 1.807) is 6.21 Å². The van der Waals surface area contributed by atoms with Gasteiger partial charge in [0.05, 0.1) is 18.3 Å². The highest BCUT2D eigenvalue weighted by atomic mass is 16.4. The third kappa shape index (κ3) is 6.03.